The second kappa shape index (κ2) is 16.6. The Balaban J connectivity index is 1.35. The molecular formula is C44H52N6O9S. The van der Waals surface area contributed by atoms with Crippen LogP contribution in [0.15, 0.2) is 90.6 Å². The summed E-state index contributed by atoms with van der Waals surface area (Å²) < 4.78 is 46.3. The number of nitrogens with one attached hydrogen (secondary N) is 3. The fourth-order valence-corrected chi connectivity index (χ4v) is 8.14. The number of fused-ring (bicyclic) bond motifs is 1. The van der Waals surface area contributed by atoms with Crippen LogP contribution in [0.2, 0.25) is 0 Å². The van der Waals surface area contributed by atoms with Gasteiger partial charge in [0.1, 0.15) is 40.8 Å². The van der Waals surface area contributed by atoms with Gasteiger partial charge >= 0.3 is 6.09 Å². The summed E-state index contributed by atoms with van der Waals surface area (Å²) in [5.74, 6) is -1.87. The average Bonchev–Trinajstić information content (AvgIpc) is 3.74. The number of rotatable bonds is 12. The summed E-state index contributed by atoms with van der Waals surface area (Å²) in [5, 5.41) is 5.81. The fraction of sp³-hybridized carbons (Fsp3) is 0.409. The molecule has 6 rings (SSSR count). The van der Waals surface area contributed by atoms with E-state index in [1.165, 1.54) is 23.2 Å². The number of ether oxygens (including phenoxy) is 3. The van der Waals surface area contributed by atoms with E-state index < -0.39 is 74.5 Å². The molecule has 3 N–H and O–H groups in total. The molecule has 4 amide bonds. The number of hydrogen-bond acceptors (Lipinski definition) is 11. The minimum atomic E-state index is -4.42. The molecule has 1 unspecified atom stereocenters. The summed E-state index contributed by atoms with van der Waals surface area (Å²) in [5.41, 5.74) is -0.638. The Morgan fingerprint density at radius 3 is 2.32 bits per heavy atom. The van der Waals surface area contributed by atoms with Crippen molar-refractivity contribution < 1.29 is 41.8 Å². The number of hydrogen-bond donors (Lipinski definition) is 3. The molecule has 60 heavy (non-hydrogen) atoms. The van der Waals surface area contributed by atoms with Gasteiger partial charge in [-0.25, -0.2) is 19.5 Å². The van der Waals surface area contributed by atoms with Gasteiger partial charge in [-0.05, 0) is 63.3 Å². The first kappa shape index (κ1) is 43.5. The van der Waals surface area contributed by atoms with Gasteiger partial charge in [0.2, 0.25) is 11.8 Å². The zero-order chi connectivity index (χ0) is 43.8. The van der Waals surface area contributed by atoms with Crippen molar-refractivity contribution in [2.45, 2.75) is 95.7 Å². The van der Waals surface area contributed by atoms with Crippen molar-refractivity contribution >= 4 is 44.7 Å². The maximum Gasteiger partial charge on any atom is 0.408 e. The van der Waals surface area contributed by atoms with E-state index in [1.54, 1.807) is 79.8 Å². The molecule has 318 valence electrons. The zero-order valence-electron chi connectivity index (χ0n) is 35.1. The maximum absolute atomic E-state index is 14.7. The van der Waals surface area contributed by atoms with Crippen LogP contribution in [0.25, 0.3) is 22.2 Å². The lowest BCUT2D eigenvalue weighted by Gasteiger charge is -2.36. The largest absolute Gasteiger partial charge is 0.497 e. The van der Waals surface area contributed by atoms with E-state index in [2.05, 4.69) is 26.9 Å². The first-order valence-electron chi connectivity index (χ1n) is 19.6. The molecular weight excluding hydrogens is 789 g/mol. The Morgan fingerprint density at radius 2 is 1.72 bits per heavy atom. The Kier molecular flexibility index (Phi) is 12.0. The maximum atomic E-state index is 14.7. The zero-order valence-corrected chi connectivity index (χ0v) is 35.9. The van der Waals surface area contributed by atoms with E-state index in [9.17, 15) is 27.6 Å². The highest BCUT2D eigenvalue weighted by atomic mass is 32.2. The van der Waals surface area contributed by atoms with Crippen LogP contribution in [-0.4, -0.2) is 90.1 Å². The number of aryl methyl sites for hydroxylation is 1. The number of nitrogens with zero attached hydrogens (tertiary/aromatic N) is 3. The molecule has 1 aliphatic heterocycles. The molecule has 15 nitrogen and oxygen atoms in total. The van der Waals surface area contributed by atoms with Crippen LogP contribution in [-0.2, 0) is 29.1 Å². The molecule has 3 heterocycles. The number of pyridine rings is 2. The number of amides is 4. The van der Waals surface area contributed by atoms with Crippen molar-refractivity contribution in [3.05, 3.63) is 91.1 Å². The third-order valence-corrected chi connectivity index (χ3v) is 11.6. The van der Waals surface area contributed by atoms with Crippen molar-refractivity contribution in [2.24, 2.45) is 11.3 Å². The van der Waals surface area contributed by atoms with Gasteiger partial charge in [-0.1, -0.05) is 63.2 Å². The highest BCUT2D eigenvalue weighted by molar-refractivity contribution is 7.90. The first-order valence-corrected chi connectivity index (χ1v) is 21.1. The van der Waals surface area contributed by atoms with Crippen LogP contribution in [0.3, 0.4) is 0 Å². The second-order valence-corrected chi connectivity index (χ2v) is 18.9. The number of likely N-dealkylation sites (tertiary alicyclic amines) is 1. The molecule has 1 saturated carbocycles. The van der Waals surface area contributed by atoms with Crippen LogP contribution in [0.4, 0.5) is 4.79 Å². The van der Waals surface area contributed by atoms with E-state index in [1.807, 2.05) is 36.4 Å². The van der Waals surface area contributed by atoms with E-state index in [0.29, 0.717) is 28.1 Å². The summed E-state index contributed by atoms with van der Waals surface area (Å²) in [6.45, 7) is 15.9. The Bertz CT molecular complexity index is 2410. The minimum absolute atomic E-state index is 0.0243. The van der Waals surface area contributed by atoms with Crippen LogP contribution >= 0.6 is 0 Å². The summed E-state index contributed by atoms with van der Waals surface area (Å²) in [4.78, 5) is 66.5. The average molecular weight is 841 g/mol. The van der Waals surface area contributed by atoms with Crippen molar-refractivity contribution in [3.8, 4) is 22.8 Å². The van der Waals surface area contributed by atoms with E-state index in [-0.39, 0.29) is 24.4 Å². The Labute approximate surface area is 350 Å². The number of alkyl carbamates (subject to hydrolysis) is 1. The molecule has 2 aliphatic rings. The van der Waals surface area contributed by atoms with Gasteiger partial charge in [-0.3, -0.25) is 14.4 Å². The standard InChI is InChI=1S/C44H52N6O9S/c1-10-28-23-44(28,40(53)49-60(55,56)36-19-16-26(2)24-45-36)48-38(51)34-21-30(25-50(34)39(52)37(42(3,4)5)47-41(54)59-43(6,7)8)58-35-22-32(27-14-12-11-13-15-27)46-33-20-29(57-9)17-18-31(33)35/h10-20,22,24,28,30,34,37H,1,21,23,25H2,2-9H3,(H,47,54)(H,48,51)(H,49,53)/t28?,30-,34+,37-,44-/m1/s1. The molecule has 0 spiro atoms. The molecule has 1 aliphatic carbocycles. The third-order valence-electron chi connectivity index (χ3n) is 10.4. The minimum Gasteiger partial charge on any atom is -0.497 e. The lowest BCUT2D eigenvalue weighted by molar-refractivity contribution is -0.143. The highest BCUT2D eigenvalue weighted by Crippen LogP contribution is 2.45. The van der Waals surface area contributed by atoms with Gasteiger partial charge in [0.25, 0.3) is 15.9 Å². The normalized spacial score (nSPS) is 20.7. The van der Waals surface area contributed by atoms with Crippen LogP contribution in [0.5, 0.6) is 11.5 Å². The van der Waals surface area contributed by atoms with Crippen LogP contribution in [0.1, 0.15) is 59.9 Å². The molecule has 0 radical (unpaired) electrons. The van der Waals surface area contributed by atoms with Gasteiger partial charge in [0, 0.05) is 41.6 Å². The molecule has 2 fully saturated rings. The SMILES string of the molecule is C=CC1C[C@]1(NC(=O)[C@@H]1C[C@@H](Oc2cc(-c3ccccc3)nc3cc(OC)ccc23)CN1C(=O)[C@@H](NC(=O)OC(C)(C)C)C(C)(C)C)C(=O)NS(=O)(=O)c1ccc(C)cn1. The first-order chi connectivity index (χ1) is 28.1. The molecule has 16 heteroatoms. The number of carbonyl (C=O) groups excluding carboxylic acids is 4. The van der Waals surface area contributed by atoms with Crippen molar-refractivity contribution in [2.75, 3.05) is 13.7 Å². The summed E-state index contributed by atoms with van der Waals surface area (Å²) in [6, 6.07) is 17.2. The Morgan fingerprint density at radius 1 is 1.00 bits per heavy atom. The Hall–Kier alpha value is -6.03. The molecule has 2 aromatic heterocycles. The molecule has 1 saturated heterocycles. The van der Waals surface area contributed by atoms with Crippen molar-refractivity contribution in [1.29, 1.82) is 0 Å². The third kappa shape index (κ3) is 9.54. The van der Waals surface area contributed by atoms with E-state index in [4.69, 9.17) is 19.2 Å². The number of benzene rings is 2. The number of sulfonamides is 1. The van der Waals surface area contributed by atoms with Crippen molar-refractivity contribution in [1.82, 2.24) is 30.2 Å². The van der Waals surface area contributed by atoms with Gasteiger partial charge in [0.15, 0.2) is 5.03 Å². The predicted octanol–water partition coefficient (Wildman–Crippen LogP) is 5.47. The van der Waals surface area contributed by atoms with Gasteiger partial charge in [0.05, 0.1) is 24.9 Å². The van der Waals surface area contributed by atoms with Gasteiger partial charge in [-0.2, -0.15) is 8.42 Å². The van der Waals surface area contributed by atoms with Gasteiger partial charge < -0.3 is 29.7 Å². The molecule has 0 bridgehead atoms. The second-order valence-electron chi connectivity index (χ2n) is 17.3. The summed E-state index contributed by atoms with van der Waals surface area (Å²) in [7, 11) is -2.86. The van der Waals surface area contributed by atoms with Crippen molar-refractivity contribution in [3.63, 3.8) is 0 Å². The monoisotopic (exact) mass is 840 g/mol. The molecule has 5 atom stereocenters. The topological polar surface area (TPSA) is 195 Å². The number of carbonyl (C=O) groups is 4. The van der Waals surface area contributed by atoms with Crippen LogP contribution < -0.4 is 24.8 Å². The lowest BCUT2D eigenvalue weighted by Crippen LogP contribution is -2.60. The lowest BCUT2D eigenvalue weighted by atomic mass is 9.85. The fourth-order valence-electron chi connectivity index (χ4n) is 7.17. The number of aromatic nitrogens is 2. The number of methoxy groups -OCH3 is 1. The summed E-state index contributed by atoms with van der Waals surface area (Å²) >= 11 is 0. The van der Waals surface area contributed by atoms with Gasteiger partial charge in [-0.15, -0.1) is 6.58 Å². The van der Waals surface area contributed by atoms with E-state index >= 15 is 0 Å². The molecule has 4 aromatic rings. The predicted molar refractivity (Wildman–Crippen MR) is 224 cm³/mol. The highest BCUT2D eigenvalue weighted by Gasteiger charge is 2.61. The van der Waals surface area contributed by atoms with Crippen LogP contribution in [0, 0.1) is 18.3 Å². The molecule has 2 aromatic carbocycles. The smallest absolute Gasteiger partial charge is 0.408 e. The quantitative estimate of drug-likeness (QED) is 0.153. The van der Waals surface area contributed by atoms with E-state index in [0.717, 1.165) is 11.1 Å². The summed E-state index contributed by atoms with van der Waals surface area (Å²) in [6.07, 6.45) is 1.28.